The first-order chi connectivity index (χ1) is 17.9. The van der Waals surface area contributed by atoms with Crippen molar-refractivity contribution in [2.45, 2.75) is 58.0 Å². The van der Waals surface area contributed by atoms with Gasteiger partial charge in [0.2, 0.25) is 0 Å². The zero-order chi connectivity index (χ0) is 25.7. The molecule has 2 fully saturated rings. The summed E-state index contributed by atoms with van der Waals surface area (Å²) in [6, 6.07) is 8.54. The molecule has 4 aromatic rings. The van der Waals surface area contributed by atoms with E-state index in [1.807, 2.05) is 0 Å². The van der Waals surface area contributed by atoms with E-state index in [1.54, 1.807) is 39.8 Å². The Labute approximate surface area is 220 Å². The molecule has 10 heteroatoms. The van der Waals surface area contributed by atoms with Gasteiger partial charge in [0, 0.05) is 51.3 Å². The number of piperazine rings is 1. The number of aromatic nitrogens is 5. The third-order valence-corrected chi connectivity index (χ3v) is 8.87. The number of aryl methyl sites for hydroxylation is 1. The van der Waals surface area contributed by atoms with Gasteiger partial charge in [-0.15, -0.1) is 0 Å². The summed E-state index contributed by atoms with van der Waals surface area (Å²) < 4.78 is 3.32. The van der Waals surface area contributed by atoms with E-state index in [9.17, 15) is 4.79 Å². The Morgan fingerprint density at radius 2 is 2.05 bits per heavy atom. The van der Waals surface area contributed by atoms with E-state index < -0.39 is 0 Å². The van der Waals surface area contributed by atoms with Gasteiger partial charge in [-0.3, -0.25) is 9.69 Å². The lowest BCUT2D eigenvalue weighted by atomic mass is 10.0. The molecule has 0 radical (unpaired) electrons. The predicted molar refractivity (Wildman–Crippen MR) is 145 cm³/mol. The van der Waals surface area contributed by atoms with E-state index in [2.05, 4.69) is 41.8 Å². The first-order valence-electron chi connectivity index (χ1n) is 13.2. The van der Waals surface area contributed by atoms with Crippen molar-refractivity contribution in [3.63, 3.8) is 0 Å². The normalized spacial score (nSPS) is 19.5. The summed E-state index contributed by atoms with van der Waals surface area (Å²) in [5.41, 5.74) is 4.26. The molecule has 0 N–H and O–H groups in total. The van der Waals surface area contributed by atoms with Crippen molar-refractivity contribution >= 4 is 33.0 Å². The molecule has 4 aromatic heterocycles. The van der Waals surface area contributed by atoms with Crippen LogP contribution in [0.2, 0.25) is 0 Å². The lowest BCUT2D eigenvalue weighted by Gasteiger charge is -2.44. The topological polar surface area (TPSA) is 95.4 Å². The van der Waals surface area contributed by atoms with Gasteiger partial charge in [0.15, 0.2) is 5.65 Å². The predicted octanol–water partition coefficient (Wildman–Crippen LogP) is 3.72. The summed E-state index contributed by atoms with van der Waals surface area (Å²) >= 11 is 1.75. The minimum Gasteiger partial charge on any atom is -0.363 e. The largest absolute Gasteiger partial charge is 0.363 e. The molecule has 2 unspecified atom stereocenters. The molecule has 5 heterocycles. The van der Waals surface area contributed by atoms with Crippen molar-refractivity contribution in [3.05, 3.63) is 51.1 Å². The summed E-state index contributed by atoms with van der Waals surface area (Å²) in [5, 5.41) is 10.4. The highest BCUT2D eigenvalue weighted by Gasteiger charge is 2.32. The number of fused-ring (bicyclic) bond motifs is 2. The number of nitriles is 1. The molecule has 2 atom stereocenters. The monoisotopic (exact) mass is 516 g/mol. The number of hydrogen-bond donors (Lipinski definition) is 0. The molecule has 0 spiro atoms. The molecule has 1 saturated heterocycles. The maximum absolute atomic E-state index is 12.8. The van der Waals surface area contributed by atoms with Gasteiger partial charge < -0.3 is 4.90 Å². The number of nitrogens with zero attached hydrogens (tertiary/aromatic N) is 8. The van der Waals surface area contributed by atoms with Gasteiger partial charge >= 0.3 is 0 Å². The van der Waals surface area contributed by atoms with E-state index in [0.717, 1.165) is 65.8 Å². The fraction of sp³-hybridized carbons (Fsp3) is 0.519. The average Bonchev–Trinajstić information content (AvgIpc) is 3.46. The quantitative estimate of drug-likeness (QED) is 0.369. The Hall–Kier alpha value is -3.29. The molecule has 192 valence electrons. The van der Waals surface area contributed by atoms with Gasteiger partial charge in [-0.1, -0.05) is 18.3 Å². The Morgan fingerprint density at radius 1 is 1.22 bits per heavy atom. The number of anilines is 1. The van der Waals surface area contributed by atoms with Gasteiger partial charge in [0.25, 0.3) is 5.56 Å². The van der Waals surface area contributed by atoms with E-state index in [4.69, 9.17) is 20.2 Å². The van der Waals surface area contributed by atoms with Crippen LogP contribution in [0.1, 0.15) is 55.5 Å². The van der Waals surface area contributed by atoms with Gasteiger partial charge in [0.05, 0.1) is 40.8 Å². The van der Waals surface area contributed by atoms with Crippen molar-refractivity contribution < 1.29 is 0 Å². The molecule has 1 aliphatic heterocycles. The average molecular weight is 517 g/mol. The first-order valence-corrected chi connectivity index (χ1v) is 14.0. The van der Waals surface area contributed by atoms with Crippen LogP contribution in [0.25, 0.3) is 16.0 Å². The number of imidazole rings is 1. The summed E-state index contributed by atoms with van der Waals surface area (Å²) in [6.45, 7) is 6.96. The second kappa shape index (κ2) is 9.54. The van der Waals surface area contributed by atoms with E-state index >= 15 is 0 Å². The van der Waals surface area contributed by atoms with Crippen molar-refractivity contribution in [3.8, 4) is 6.07 Å². The van der Waals surface area contributed by atoms with E-state index in [0.29, 0.717) is 5.69 Å². The smallest absolute Gasteiger partial charge is 0.267 e. The van der Waals surface area contributed by atoms with Crippen LogP contribution in [0.4, 0.5) is 5.69 Å². The van der Waals surface area contributed by atoms with Gasteiger partial charge in [0.1, 0.15) is 10.3 Å². The SMILES string of the molecule is CCC1CN(C(C)c2ccc3nc(CC4CC4)sc3n2)CCN1c1cc(=O)n(C)n2cc(CC#N)nc12. The molecule has 0 aromatic carbocycles. The van der Waals surface area contributed by atoms with Crippen LogP contribution in [0.15, 0.2) is 29.2 Å². The number of pyridine rings is 1. The Kier molecular flexibility index (Phi) is 6.21. The standard InChI is InChI=1S/C27H32N8OS/c1-4-20-16-33(17(2)21-7-8-22-27(31-21)37-24(30-22)13-18-5-6-18)11-12-34(20)23-14-25(36)32(3)35-15-19(9-10-28)29-26(23)35/h7-8,14-15,17-18,20H,4-6,9,11-13,16H2,1-3H3. The Balaban J connectivity index is 1.25. The summed E-state index contributed by atoms with van der Waals surface area (Å²) in [7, 11) is 1.73. The fourth-order valence-electron chi connectivity index (χ4n) is 5.43. The molecule has 2 aliphatic rings. The van der Waals surface area contributed by atoms with Crippen LogP contribution in [-0.2, 0) is 19.9 Å². The van der Waals surface area contributed by atoms with Gasteiger partial charge in [-0.05, 0) is 44.2 Å². The summed E-state index contributed by atoms with van der Waals surface area (Å²) in [6.07, 6.45) is 6.72. The van der Waals surface area contributed by atoms with Gasteiger partial charge in [-0.25, -0.2) is 24.1 Å². The minimum atomic E-state index is -0.0860. The van der Waals surface area contributed by atoms with Crippen LogP contribution in [0.5, 0.6) is 0 Å². The number of rotatable bonds is 7. The highest BCUT2D eigenvalue weighted by atomic mass is 32.1. The third kappa shape index (κ3) is 4.51. The molecule has 9 nitrogen and oxygen atoms in total. The van der Waals surface area contributed by atoms with Crippen LogP contribution in [-0.4, -0.2) is 54.7 Å². The second-order valence-electron chi connectivity index (χ2n) is 10.4. The van der Waals surface area contributed by atoms with Crippen LogP contribution < -0.4 is 10.5 Å². The Bertz CT molecular complexity index is 1560. The maximum atomic E-state index is 12.8. The van der Waals surface area contributed by atoms with Crippen molar-refractivity contribution in [2.24, 2.45) is 13.0 Å². The first kappa shape index (κ1) is 24.1. The van der Waals surface area contributed by atoms with Gasteiger partial charge in [-0.2, -0.15) is 5.26 Å². The molecule has 0 amide bonds. The zero-order valence-electron chi connectivity index (χ0n) is 21.6. The summed E-state index contributed by atoms with van der Waals surface area (Å²) in [4.78, 5) is 33.2. The highest BCUT2D eigenvalue weighted by molar-refractivity contribution is 7.18. The molecular formula is C27H32N8OS. The van der Waals surface area contributed by atoms with Crippen molar-refractivity contribution in [2.75, 3.05) is 24.5 Å². The molecule has 37 heavy (non-hydrogen) atoms. The zero-order valence-corrected chi connectivity index (χ0v) is 22.4. The fourth-order valence-corrected chi connectivity index (χ4v) is 6.49. The minimum absolute atomic E-state index is 0.0860. The molecule has 1 aliphatic carbocycles. The molecule has 0 bridgehead atoms. The molecule has 6 rings (SSSR count). The van der Waals surface area contributed by atoms with Crippen LogP contribution in [0.3, 0.4) is 0 Å². The maximum Gasteiger partial charge on any atom is 0.267 e. The lowest BCUT2D eigenvalue weighted by Crippen LogP contribution is -2.54. The second-order valence-corrected chi connectivity index (χ2v) is 11.4. The summed E-state index contributed by atoms with van der Waals surface area (Å²) in [5.74, 6) is 0.826. The Morgan fingerprint density at radius 3 is 2.81 bits per heavy atom. The lowest BCUT2D eigenvalue weighted by molar-refractivity contribution is 0.166. The van der Waals surface area contributed by atoms with Crippen LogP contribution >= 0.6 is 11.3 Å². The number of thiazole rings is 1. The third-order valence-electron chi connectivity index (χ3n) is 7.88. The van der Waals surface area contributed by atoms with Crippen molar-refractivity contribution in [1.29, 1.82) is 5.26 Å². The molecule has 1 saturated carbocycles. The molecular weight excluding hydrogens is 484 g/mol. The van der Waals surface area contributed by atoms with Crippen molar-refractivity contribution in [1.82, 2.24) is 29.0 Å². The van der Waals surface area contributed by atoms with E-state index in [1.165, 1.54) is 17.8 Å². The highest BCUT2D eigenvalue weighted by Crippen LogP contribution is 2.35. The van der Waals surface area contributed by atoms with Crippen LogP contribution in [0, 0.1) is 17.2 Å². The number of hydrogen-bond acceptors (Lipinski definition) is 8. The van der Waals surface area contributed by atoms with E-state index in [-0.39, 0.29) is 24.1 Å².